The second kappa shape index (κ2) is 12.5. The molecule has 0 amide bonds. The normalized spacial score (nSPS) is 8.70. The SMILES string of the molecule is O=C(O)CNc1ccccc1.O=C(O)CNc1ccccc1.[NaH]. The molecule has 0 heterocycles. The number of anilines is 2. The summed E-state index contributed by atoms with van der Waals surface area (Å²) in [6.07, 6.45) is 0. The fraction of sp³-hybridized carbons (Fsp3) is 0.125. The summed E-state index contributed by atoms with van der Waals surface area (Å²) in [4.78, 5) is 20.2. The van der Waals surface area contributed by atoms with Gasteiger partial charge in [0.15, 0.2) is 0 Å². The summed E-state index contributed by atoms with van der Waals surface area (Å²) in [5, 5.41) is 22.1. The molecule has 23 heavy (non-hydrogen) atoms. The zero-order valence-corrected chi connectivity index (χ0v) is 11.9. The van der Waals surface area contributed by atoms with E-state index in [0.717, 1.165) is 11.4 Å². The molecular formula is C16H19N2NaO4. The summed E-state index contributed by atoms with van der Waals surface area (Å²) < 4.78 is 0. The Morgan fingerprint density at radius 1 is 0.696 bits per heavy atom. The number of carboxylic acid groups (broad SMARTS) is 2. The van der Waals surface area contributed by atoms with Gasteiger partial charge in [-0.2, -0.15) is 0 Å². The van der Waals surface area contributed by atoms with Gasteiger partial charge in [0.05, 0.1) is 0 Å². The molecule has 0 aromatic heterocycles. The van der Waals surface area contributed by atoms with Gasteiger partial charge >= 0.3 is 41.5 Å². The van der Waals surface area contributed by atoms with Crippen molar-refractivity contribution in [3.63, 3.8) is 0 Å². The van der Waals surface area contributed by atoms with Crippen molar-refractivity contribution >= 4 is 52.9 Å². The molecule has 0 spiro atoms. The van der Waals surface area contributed by atoms with E-state index in [2.05, 4.69) is 10.6 Å². The van der Waals surface area contributed by atoms with E-state index in [0.29, 0.717) is 0 Å². The number of rotatable bonds is 6. The van der Waals surface area contributed by atoms with Crippen LogP contribution in [-0.4, -0.2) is 64.8 Å². The monoisotopic (exact) mass is 326 g/mol. The van der Waals surface area contributed by atoms with E-state index in [9.17, 15) is 9.59 Å². The van der Waals surface area contributed by atoms with Crippen molar-refractivity contribution in [2.24, 2.45) is 0 Å². The molecule has 6 nitrogen and oxygen atoms in total. The molecular weight excluding hydrogens is 307 g/mol. The summed E-state index contributed by atoms with van der Waals surface area (Å²) in [5.41, 5.74) is 1.66. The van der Waals surface area contributed by atoms with E-state index in [1.807, 2.05) is 60.7 Å². The summed E-state index contributed by atoms with van der Waals surface area (Å²) in [6.45, 7) is -0.0754. The van der Waals surface area contributed by atoms with Crippen molar-refractivity contribution in [3.8, 4) is 0 Å². The second-order valence-corrected chi connectivity index (χ2v) is 4.23. The molecule has 0 bridgehead atoms. The topological polar surface area (TPSA) is 98.7 Å². The Kier molecular flexibility index (Phi) is 11.4. The summed E-state index contributed by atoms with van der Waals surface area (Å²) in [7, 11) is 0. The molecule has 4 N–H and O–H groups in total. The van der Waals surface area contributed by atoms with Gasteiger partial charge in [-0.1, -0.05) is 36.4 Å². The molecule has 0 aliphatic rings. The van der Waals surface area contributed by atoms with E-state index < -0.39 is 11.9 Å². The number of aliphatic carboxylic acids is 2. The van der Waals surface area contributed by atoms with Crippen LogP contribution < -0.4 is 10.6 Å². The van der Waals surface area contributed by atoms with Crippen LogP contribution in [-0.2, 0) is 9.59 Å². The van der Waals surface area contributed by atoms with Gasteiger partial charge in [-0.3, -0.25) is 9.59 Å². The fourth-order valence-corrected chi connectivity index (χ4v) is 1.47. The van der Waals surface area contributed by atoms with E-state index in [-0.39, 0.29) is 42.6 Å². The maximum absolute atomic E-state index is 10.1. The zero-order chi connectivity index (χ0) is 16.2. The van der Waals surface area contributed by atoms with Gasteiger partial charge in [0.25, 0.3) is 0 Å². The van der Waals surface area contributed by atoms with Crippen LogP contribution in [0.2, 0.25) is 0 Å². The predicted molar refractivity (Wildman–Crippen MR) is 92.3 cm³/mol. The average Bonchev–Trinajstić information content (AvgIpc) is 2.53. The van der Waals surface area contributed by atoms with E-state index >= 15 is 0 Å². The van der Waals surface area contributed by atoms with Gasteiger partial charge in [0.2, 0.25) is 0 Å². The van der Waals surface area contributed by atoms with Gasteiger partial charge in [0.1, 0.15) is 13.1 Å². The van der Waals surface area contributed by atoms with Gasteiger partial charge in [-0.15, -0.1) is 0 Å². The third-order valence-corrected chi connectivity index (χ3v) is 2.44. The molecule has 0 atom stereocenters. The number of carbonyl (C=O) groups is 2. The molecule has 0 radical (unpaired) electrons. The van der Waals surface area contributed by atoms with Crippen LogP contribution in [0.15, 0.2) is 60.7 Å². The number of carboxylic acids is 2. The minimum atomic E-state index is -0.853. The van der Waals surface area contributed by atoms with E-state index in [1.54, 1.807) is 0 Å². The van der Waals surface area contributed by atoms with Crippen molar-refractivity contribution in [1.82, 2.24) is 0 Å². The quantitative estimate of drug-likeness (QED) is 0.603. The predicted octanol–water partition coefficient (Wildman–Crippen LogP) is 1.72. The number of hydrogen-bond donors (Lipinski definition) is 4. The minimum absolute atomic E-state index is 0. The molecule has 0 saturated heterocycles. The molecule has 7 heteroatoms. The van der Waals surface area contributed by atoms with Crippen LogP contribution in [0.1, 0.15) is 0 Å². The summed E-state index contributed by atoms with van der Waals surface area (Å²) in [6, 6.07) is 18.5. The average molecular weight is 326 g/mol. The van der Waals surface area contributed by atoms with Crippen LogP contribution in [0.25, 0.3) is 0 Å². The Balaban J connectivity index is 0.000000403. The van der Waals surface area contributed by atoms with Crippen molar-refractivity contribution in [1.29, 1.82) is 0 Å². The first kappa shape index (κ1) is 21.0. The summed E-state index contributed by atoms with van der Waals surface area (Å²) in [5.74, 6) is -1.71. The van der Waals surface area contributed by atoms with E-state index in [1.165, 1.54) is 0 Å². The molecule has 2 aromatic carbocycles. The van der Waals surface area contributed by atoms with E-state index in [4.69, 9.17) is 10.2 Å². The zero-order valence-electron chi connectivity index (χ0n) is 11.9. The number of para-hydroxylation sites is 2. The van der Waals surface area contributed by atoms with Gasteiger partial charge < -0.3 is 20.8 Å². The van der Waals surface area contributed by atoms with Crippen molar-refractivity contribution in [2.75, 3.05) is 23.7 Å². The van der Waals surface area contributed by atoms with Gasteiger partial charge in [-0.25, -0.2) is 0 Å². The standard InChI is InChI=1S/2C8H9NO2.Na.H/c2*10-8(11)6-9-7-4-2-1-3-5-7;;/h2*1-5,9H,6H2,(H,10,11);;. The fourth-order valence-electron chi connectivity index (χ4n) is 1.47. The number of hydrogen-bond acceptors (Lipinski definition) is 4. The molecule has 0 saturated carbocycles. The number of benzene rings is 2. The first-order chi connectivity index (χ1) is 10.6. The molecule has 118 valence electrons. The van der Waals surface area contributed by atoms with Crippen LogP contribution in [0.4, 0.5) is 11.4 Å². The molecule has 0 unspecified atom stereocenters. The van der Waals surface area contributed by atoms with Crippen LogP contribution in [0.3, 0.4) is 0 Å². The van der Waals surface area contributed by atoms with Gasteiger partial charge in [0, 0.05) is 11.4 Å². The van der Waals surface area contributed by atoms with Crippen molar-refractivity contribution in [2.45, 2.75) is 0 Å². The first-order valence-corrected chi connectivity index (χ1v) is 6.59. The second-order valence-electron chi connectivity index (χ2n) is 4.23. The van der Waals surface area contributed by atoms with Crippen LogP contribution >= 0.6 is 0 Å². The molecule has 0 fully saturated rings. The van der Waals surface area contributed by atoms with Crippen LogP contribution in [0.5, 0.6) is 0 Å². The third kappa shape index (κ3) is 11.2. The van der Waals surface area contributed by atoms with Crippen LogP contribution in [0, 0.1) is 0 Å². The Labute approximate surface area is 156 Å². The van der Waals surface area contributed by atoms with Gasteiger partial charge in [-0.05, 0) is 24.3 Å². The Morgan fingerprint density at radius 2 is 1.00 bits per heavy atom. The molecule has 2 aromatic rings. The Morgan fingerprint density at radius 3 is 1.26 bits per heavy atom. The maximum atomic E-state index is 10.1. The molecule has 0 aliphatic heterocycles. The third-order valence-electron chi connectivity index (χ3n) is 2.44. The number of nitrogens with one attached hydrogen (secondary N) is 2. The molecule has 2 rings (SSSR count). The molecule has 0 aliphatic carbocycles. The van der Waals surface area contributed by atoms with Crippen molar-refractivity contribution in [3.05, 3.63) is 60.7 Å². The Bertz CT molecular complexity index is 526. The van der Waals surface area contributed by atoms with Crippen molar-refractivity contribution < 1.29 is 19.8 Å². The first-order valence-electron chi connectivity index (χ1n) is 6.59. The summed E-state index contributed by atoms with van der Waals surface area (Å²) >= 11 is 0. The Hall–Kier alpha value is -2.02.